The van der Waals surface area contributed by atoms with Gasteiger partial charge in [-0.25, -0.2) is 4.57 Å². The molecule has 0 amide bonds. The third kappa shape index (κ3) is 4.02. The lowest BCUT2D eigenvalue weighted by Gasteiger charge is -2.19. The van der Waals surface area contributed by atoms with Crippen LogP contribution in [0.1, 0.15) is 5.56 Å². The van der Waals surface area contributed by atoms with Crippen LogP contribution in [0, 0.1) is 0 Å². The van der Waals surface area contributed by atoms with Crippen LogP contribution in [0.3, 0.4) is 0 Å². The number of nitrogens with zero attached hydrogens (tertiary/aromatic N) is 4. The first kappa shape index (κ1) is 15.4. The number of thiazole rings is 1. The number of rotatable bonds is 5. The normalized spacial score (nSPS) is 11.0. The number of aryl methyl sites for hydroxylation is 1. The monoisotopic (exact) mass is 323 g/mol. The van der Waals surface area contributed by atoms with Crippen molar-refractivity contribution in [3.63, 3.8) is 0 Å². The smallest absolute Gasteiger partial charge is 0.370 e. The molecule has 3 aromatic rings. The predicted molar refractivity (Wildman–Crippen MR) is 94.7 cm³/mol. The number of anilines is 1. The van der Waals surface area contributed by atoms with Crippen molar-refractivity contribution < 1.29 is 4.57 Å². The van der Waals surface area contributed by atoms with Gasteiger partial charge in [0.1, 0.15) is 11.9 Å². The van der Waals surface area contributed by atoms with Crippen LogP contribution in [-0.4, -0.2) is 7.05 Å². The molecule has 4 nitrogen and oxygen atoms in total. The third-order valence-electron chi connectivity index (χ3n) is 3.56. The van der Waals surface area contributed by atoms with Crippen molar-refractivity contribution in [2.24, 2.45) is 17.3 Å². The zero-order valence-corrected chi connectivity index (χ0v) is 14.1. The van der Waals surface area contributed by atoms with Gasteiger partial charge in [-0.1, -0.05) is 30.3 Å². The average molecular weight is 323 g/mol. The molecule has 23 heavy (non-hydrogen) atoms. The zero-order valence-electron chi connectivity index (χ0n) is 13.3. The number of aromatic nitrogens is 1. The van der Waals surface area contributed by atoms with Gasteiger partial charge < -0.3 is 4.90 Å². The first-order valence-electron chi connectivity index (χ1n) is 7.42. The molecule has 0 saturated heterocycles. The van der Waals surface area contributed by atoms with Crippen LogP contribution in [-0.2, 0) is 13.6 Å². The lowest BCUT2D eigenvalue weighted by atomic mass is 10.2. The highest BCUT2D eigenvalue weighted by Crippen LogP contribution is 2.22. The number of hydrogen-bond acceptors (Lipinski definition) is 4. The molecule has 1 heterocycles. The Hall–Kier alpha value is -2.53. The molecule has 0 unspecified atom stereocenters. The number of hydrogen-bond donors (Lipinski definition) is 0. The molecule has 0 aliphatic rings. The molecular formula is C18H19N4S+. The van der Waals surface area contributed by atoms with Crippen molar-refractivity contribution in [1.29, 1.82) is 0 Å². The Labute approximate surface area is 140 Å². The fourth-order valence-electron chi connectivity index (χ4n) is 2.25. The van der Waals surface area contributed by atoms with Crippen molar-refractivity contribution in [1.82, 2.24) is 0 Å². The van der Waals surface area contributed by atoms with Gasteiger partial charge in [-0.3, -0.25) is 0 Å². The van der Waals surface area contributed by atoms with Gasteiger partial charge in [-0.2, -0.15) is 0 Å². The van der Waals surface area contributed by atoms with E-state index in [-0.39, 0.29) is 0 Å². The highest BCUT2D eigenvalue weighted by atomic mass is 32.1. The van der Waals surface area contributed by atoms with Crippen molar-refractivity contribution >= 4 is 27.8 Å². The predicted octanol–water partition coefficient (Wildman–Crippen LogP) is 4.62. The van der Waals surface area contributed by atoms with Gasteiger partial charge in [0, 0.05) is 24.7 Å². The molecule has 0 saturated carbocycles. The van der Waals surface area contributed by atoms with Gasteiger partial charge in [0.05, 0.1) is 12.2 Å². The minimum absolute atomic E-state index is 0.857. The van der Waals surface area contributed by atoms with Crippen molar-refractivity contribution in [3.8, 4) is 0 Å². The molecule has 0 aliphatic carbocycles. The van der Waals surface area contributed by atoms with Crippen LogP contribution in [0.2, 0.25) is 0 Å². The number of benzene rings is 2. The average Bonchev–Trinajstić information content (AvgIpc) is 2.99. The minimum Gasteiger partial charge on any atom is -0.370 e. The highest BCUT2D eigenvalue weighted by Gasteiger charge is 2.07. The molecule has 5 heteroatoms. The van der Waals surface area contributed by atoms with E-state index in [2.05, 4.69) is 58.6 Å². The topological polar surface area (TPSA) is 31.8 Å². The maximum absolute atomic E-state index is 4.29. The van der Waals surface area contributed by atoms with Gasteiger partial charge in [0.15, 0.2) is 0 Å². The molecule has 0 N–H and O–H groups in total. The molecule has 1 aromatic heterocycles. The maximum atomic E-state index is 4.29. The summed E-state index contributed by atoms with van der Waals surface area (Å²) < 4.78 is 1.95. The Bertz CT molecular complexity index is 778. The zero-order chi connectivity index (χ0) is 16.1. The van der Waals surface area contributed by atoms with Crippen molar-refractivity contribution in [2.45, 2.75) is 6.54 Å². The summed E-state index contributed by atoms with van der Waals surface area (Å²) in [6.45, 7) is 0.882. The fraction of sp³-hybridized carbons (Fsp3) is 0.167. The van der Waals surface area contributed by atoms with Gasteiger partial charge in [-0.05, 0) is 46.3 Å². The quantitative estimate of drug-likeness (QED) is 0.498. The van der Waals surface area contributed by atoms with E-state index in [1.807, 2.05) is 41.4 Å². The molecule has 2 aromatic carbocycles. The lowest BCUT2D eigenvalue weighted by molar-refractivity contribution is -0.654. The molecular weight excluding hydrogens is 304 g/mol. The molecule has 0 spiro atoms. The summed E-state index contributed by atoms with van der Waals surface area (Å²) in [7, 11) is 4.06. The lowest BCUT2D eigenvalue weighted by Crippen LogP contribution is -2.23. The molecule has 0 aliphatic heterocycles. The van der Waals surface area contributed by atoms with Crippen LogP contribution in [0.15, 0.2) is 76.4 Å². The van der Waals surface area contributed by atoms with Gasteiger partial charge in [0.2, 0.25) is 0 Å². The SMILES string of the molecule is CN(Cc1ccccc1)c1ccc(/N=N/c2scc[n+]2C)cc1. The number of azo groups is 1. The Morgan fingerprint density at radius 1 is 1.00 bits per heavy atom. The fourth-order valence-corrected chi connectivity index (χ4v) is 2.93. The van der Waals surface area contributed by atoms with Crippen LogP contribution in [0.5, 0.6) is 0 Å². The third-order valence-corrected chi connectivity index (χ3v) is 4.40. The van der Waals surface area contributed by atoms with E-state index in [1.165, 1.54) is 5.56 Å². The second-order valence-electron chi connectivity index (χ2n) is 5.35. The van der Waals surface area contributed by atoms with Crippen LogP contribution in [0.4, 0.5) is 16.5 Å². The first-order valence-corrected chi connectivity index (χ1v) is 8.30. The summed E-state index contributed by atoms with van der Waals surface area (Å²) in [6, 6.07) is 18.6. The van der Waals surface area contributed by atoms with E-state index in [0.717, 1.165) is 23.1 Å². The Balaban J connectivity index is 1.67. The standard InChI is InChI=1S/C18H19N4S/c1-21-12-13-23-18(21)20-19-16-8-10-17(11-9-16)22(2)14-15-6-4-3-5-7-15/h3-13H,14H2,1-2H3/q+1. The van der Waals surface area contributed by atoms with E-state index < -0.39 is 0 Å². The molecule has 0 radical (unpaired) electrons. The summed E-state index contributed by atoms with van der Waals surface area (Å²) >= 11 is 1.57. The summed E-state index contributed by atoms with van der Waals surface area (Å²) in [5.74, 6) is 0. The van der Waals surface area contributed by atoms with Crippen molar-refractivity contribution in [3.05, 3.63) is 71.7 Å². The Morgan fingerprint density at radius 2 is 1.74 bits per heavy atom. The van der Waals surface area contributed by atoms with E-state index in [9.17, 15) is 0 Å². The molecule has 0 bridgehead atoms. The van der Waals surface area contributed by atoms with Gasteiger partial charge >= 0.3 is 5.13 Å². The Morgan fingerprint density at radius 3 is 2.39 bits per heavy atom. The molecule has 0 fully saturated rings. The van der Waals surface area contributed by atoms with Gasteiger partial charge in [-0.15, -0.1) is 0 Å². The van der Waals surface area contributed by atoms with Crippen LogP contribution in [0.25, 0.3) is 0 Å². The maximum Gasteiger partial charge on any atom is 0.408 e. The van der Waals surface area contributed by atoms with E-state index in [0.29, 0.717) is 0 Å². The summed E-state index contributed by atoms with van der Waals surface area (Å²) in [5.41, 5.74) is 3.31. The Kier molecular flexibility index (Phi) is 4.78. The second kappa shape index (κ2) is 7.15. The van der Waals surface area contributed by atoms with Gasteiger partial charge in [0.25, 0.3) is 0 Å². The van der Waals surface area contributed by atoms with E-state index in [4.69, 9.17) is 0 Å². The first-order chi connectivity index (χ1) is 11.2. The molecule has 0 atom stereocenters. The molecule has 116 valence electrons. The van der Waals surface area contributed by atoms with Crippen LogP contribution < -0.4 is 9.47 Å². The summed E-state index contributed by atoms with van der Waals surface area (Å²) in [5, 5.41) is 11.4. The summed E-state index contributed by atoms with van der Waals surface area (Å²) in [4.78, 5) is 2.22. The highest BCUT2D eigenvalue weighted by molar-refractivity contribution is 7.12. The van der Waals surface area contributed by atoms with E-state index >= 15 is 0 Å². The summed E-state index contributed by atoms with van der Waals surface area (Å²) in [6.07, 6.45) is 1.97. The van der Waals surface area contributed by atoms with Crippen molar-refractivity contribution in [2.75, 3.05) is 11.9 Å². The van der Waals surface area contributed by atoms with Crippen LogP contribution >= 0.6 is 11.3 Å². The minimum atomic E-state index is 0.857. The largest absolute Gasteiger partial charge is 0.408 e. The second-order valence-corrected chi connectivity index (χ2v) is 6.23. The molecule has 3 rings (SSSR count). The van der Waals surface area contributed by atoms with E-state index in [1.54, 1.807) is 11.3 Å².